The molecule has 0 saturated carbocycles. The van der Waals surface area contributed by atoms with E-state index in [1.54, 1.807) is 12.1 Å². The van der Waals surface area contributed by atoms with Crippen LogP contribution < -0.4 is 16.4 Å². The normalized spacial score (nSPS) is 13.9. The molecular formula is C16H16ClN3O. The summed E-state index contributed by atoms with van der Waals surface area (Å²) in [5.74, 6) is -0.514. The molecule has 4 N–H and O–H groups in total. The summed E-state index contributed by atoms with van der Waals surface area (Å²) in [6.07, 6.45) is 0.940. The van der Waals surface area contributed by atoms with Crippen LogP contribution in [0.25, 0.3) is 0 Å². The smallest absolute Gasteiger partial charge is 0.250 e. The van der Waals surface area contributed by atoms with Crippen molar-refractivity contribution in [3.05, 3.63) is 58.1 Å². The lowest BCUT2D eigenvalue weighted by atomic mass is 9.97. The molecular weight excluding hydrogens is 286 g/mol. The van der Waals surface area contributed by atoms with E-state index in [9.17, 15) is 4.79 Å². The fraction of sp³-hybridized carbons (Fsp3) is 0.188. The van der Waals surface area contributed by atoms with Crippen LogP contribution in [0.2, 0.25) is 5.02 Å². The Morgan fingerprint density at radius 3 is 2.76 bits per heavy atom. The lowest BCUT2D eigenvalue weighted by Gasteiger charge is -2.31. The highest BCUT2D eigenvalue weighted by Gasteiger charge is 2.19. The number of nitrogen functional groups attached to an aromatic ring is 1. The second-order valence-electron chi connectivity index (χ2n) is 5.18. The summed E-state index contributed by atoms with van der Waals surface area (Å²) in [5, 5.41) is 0.381. The van der Waals surface area contributed by atoms with Crippen LogP contribution in [0.1, 0.15) is 21.5 Å². The van der Waals surface area contributed by atoms with E-state index in [1.807, 2.05) is 18.2 Å². The number of nitrogens with two attached hydrogens (primary N) is 2. The highest BCUT2D eigenvalue weighted by atomic mass is 35.5. The zero-order chi connectivity index (χ0) is 15.0. The van der Waals surface area contributed by atoms with Crippen LogP contribution in [-0.4, -0.2) is 12.5 Å². The van der Waals surface area contributed by atoms with Gasteiger partial charge in [-0.15, -0.1) is 0 Å². The van der Waals surface area contributed by atoms with E-state index in [0.29, 0.717) is 10.6 Å². The van der Waals surface area contributed by atoms with Gasteiger partial charge in [-0.25, -0.2) is 0 Å². The van der Waals surface area contributed by atoms with Crippen LogP contribution in [0.5, 0.6) is 0 Å². The van der Waals surface area contributed by atoms with Crippen molar-refractivity contribution in [1.82, 2.24) is 0 Å². The van der Waals surface area contributed by atoms with Gasteiger partial charge in [0.15, 0.2) is 0 Å². The minimum atomic E-state index is -0.514. The van der Waals surface area contributed by atoms with Crippen molar-refractivity contribution >= 4 is 28.9 Å². The quantitative estimate of drug-likeness (QED) is 0.837. The van der Waals surface area contributed by atoms with Gasteiger partial charge in [-0.05, 0) is 41.8 Å². The molecule has 0 saturated heterocycles. The minimum absolute atomic E-state index is 0.345. The maximum atomic E-state index is 11.2. The Labute approximate surface area is 128 Å². The van der Waals surface area contributed by atoms with Gasteiger partial charge >= 0.3 is 0 Å². The number of carbonyl (C=O) groups is 1. The lowest BCUT2D eigenvalue weighted by Crippen LogP contribution is -2.31. The van der Waals surface area contributed by atoms with Crippen molar-refractivity contribution in [3.63, 3.8) is 0 Å². The van der Waals surface area contributed by atoms with Crippen LogP contribution in [0.15, 0.2) is 36.4 Å². The molecule has 0 bridgehead atoms. The molecule has 1 aliphatic rings. The van der Waals surface area contributed by atoms with Gasteiger partial charge in [0.25, 0.3) is 0 Å². The Morgan fingerprint density at radius 2 is 2.05 bits per heavy atom. The highest BCUT2D eigenvalue weighted by Crippen LogP contribution is 2.30. The number of hydrogen-bond donors (Lipinski definition) is 2. The minimum Gasteiger partial charge on any atom is -0.398 e. The second-order valence-corrected chi connectivity index (χ2v) is 5.59. The molecule has 3 rings (SSSR count). The zero-order valence-electron chi connectivity index (χ0n) is 11.5. The van der Waals surface area contributed by atoms with E-state index < -0.39 is 5.91 Å². The molecule has 2 aromatic rings. The first-order chi connectivity index (χ1) is 10.1. The van der Waals surface area contributed by atoms with Crippen LogP contribution >= 0.6 is 11.6 Å². The number of anilines is 2. The first kappa shape index (κ1) is 13.8. The lowest BCUT2D eigenvalue weighted by molar-refractivity contribution is 0.100. The molecule has 0 spiro atoms. The topological polar surface area (TPSA) is 72.4 Å². The van der Waals surface area contributed by atoms with Gasteiger partial charge < -0.3 is 16.4 Å². The third-order valence-corrected chi connectivity index (χ3v) is 4.21. The molecule has 0 unspecified atom stereocenters. The molecule has 1 aliphatic heterocycles. The number of primary amides is 1. The Balaban J connectivity index is 1.91. The molecule has 5 heteroatoms. The first-order valence-electron chi connectivity index (χ1n) is 6.77. The van der Waals surface area contributed by atoms with Gasteiger partial charge in [-0.3, -0.25) is 4.79 Å². The SMILES string of the molecule is NC(=O)c1ccc(N2CCc3cccc(N)c3C2)cc1Cl. The number of benzene rings is 2. The van der Waals surface area contributed by atoms with E-state index in [0.717, 1.165) is 30.9 Å². The maximum absolute atomic E-state index is 11.2. The number of hydrogen-bond acceptors (Lipinski definition) is 3. The van der Waals surface area contributed by atoms with E-state index in [4.69, 9.17) is 23.1 Å². The summed E-state index contributed by atoms with van der Waals surface area (Å²) in [7, 11) is 0. The third kappa shape index (κ3) is 2.54. The van der Waals surface area contributed by atoms with Crippen molar-refractivity contribution < 1.29 is 4.79 Å². The number of halogens is 1. The van der Waals surface area contributed by atoms with Crippen molar-refractivity contribution in [2.45, 2.75) is 13.0 Å². The van der Waals surface area contributed by atoms with Crippen LogP contribution in [0.4, 0.5) is 11.4 Å². The van der Waals surface area contributed by atoms with E-state index in [2.05, 4.69) is 11.0 Å². The van der Waals surface area contributed by atoms with E-state index in [-0.39, 0.29) is 0 Å². The fourth-order valence-electron chi connectivity index (χ4n) is 2.73. The monoisotopic (exact) mass is 301 g/mol. The van der Waals surface area contributed by atoms with E-state index in [1.165, 1.54) is 11.1 Å². The third-order valence-electron chi connectivity index (χ3n) is 3.89. The van der Waals surface area contributed by atoms with E-state index >= 15 is 0 Å². The molecule has 21 heavy (non-hydrogen) atoms. The molecule has 108 valence electrons. The van der Waals surface area contributed by atoms with Gasteiger partial charge in [0.1, 0.15) is 0 Å². The standard InChI is InChI=1S/C16H16ClN3O/c17-14-8-11(4-5-12(14)16(19)21)20-7-6-10-2-1-3-15(18)13(10)9-20/h1-5,8H,6-7,9,18H2,(H2,19,21). The summed E-state index contributed by atoms with van der Waals surface area (Å²) in [6.45, 7) is 1.64. The number of amides is 1. The van der Waals surface area contributed by atoms with Crippen LogP contribution in [0, 0.1) is 0 Å². The predicted molar refractivity (Wildman–Crippen MR) is 85.6 cm³/mol. The second kappa shape index (κ2) is 5.30. The van der Waals surface area contributed by atoms with Crippen molar-refractivity contribution in [2.75, 3.05) is 17.2 Å². The summed E-state index contributed by atoms with van der Waals surface area (Å²) in [6, 6.07) is 11.4. The highest BCUT2D eigenvalue weighted by molar-refractivity contribution is 6.34. The summed E-state index contributed by atoms with van der Waals surface area (Å²) < 4.78 is 0. The Hall–Kier alpha value is -2.20. The molecule has 0 atom stereocenters. The van der Waals surface area contributed by atoms with Gasteiger partial charge in [0, 0.05) is 24.5 Å². The molecule has 2 aromatic carbocycles. The largest absolute Gasteiger partial charge is 0.398 e. The Kier molecular flexibility index (Phi) is 3.47. The Morgan fingerprint density at radius 1 is 1.24 bits per heavy atom. The molecule has 1 heterocycles. The Bertz CT molecular complexity index is 715. The van der Waals surface area contributed by atoms with Crippen LogP contribution in [-0.2, 0) is 13.0 Å². The van der Waals surface area contributed by atoms with Gasteiger partial charge in [-0.2, -0.15) is 0 Å². The average molecular weight is 302 g/mol. The first-order valence-corrected chi connectivity index (χ1v) is 7.14. The number of fused-ring (bicyclic) bond motifs is 1. The number of nitrogens with zero attached hydrogens (tertiary/aromatic N) is 1. The molecule has 0 radical (unpaired) electrons. The molecule has 0 fully saturated rings. The summed E-state index contributed by atoms with van der Waals surface area (Å²) in [4.78, 5) is 13.4. The maximum Gasteiger partial charge on any atom is 0.250 e. The fourth-order valence-corrected chi connectivity index (χ4v) is 3.00. The number of carbonyl (C=O) groups excluding carboxylic acids is 1. The predicted octanol–water partition coefficient (Wildman–Crippen LogP) is 2.58. The average Bonchev–Trinajstić information content (AvgIpc) is 2.47. The van der Waals surface area contributed by atoms with Crippen molar-refractivity contribution in [3.8, 4) is 0 Å². The summed E-state index contributed by atoms with van der Waals surface area (Å²) in [5.41, 5.74) is 15.9. The van der Waals surface area contributed by atoms with Gasteiger partial charge in [0.05, 0.1) is 10.6 Å². The molecule has 0 aliphatic carbocycles. The van der Waals surface area contributed by atoms with Gasteiger partial charge in [0.2, 0.25) is 5.91 Å². The number of rotatable bonds is 2. The molecule has 1 amide bonds. The van der Waals surface area contributed by atoms with Crippen LogP contribution in [0.3, 0.4) is 0 Å². The summed E-state index contributed by atoms with van der Waals surface area (Å²) >= 11 is 6.12. The van der Waals surface area contributed by atoms with Crippen molar-refractivity contribution in [1.29, 1.82) is 0 Å². The molecule has 0 aromatic heterocycles. The van der Waals surface area contributed by atoms with Gasteiger partial charge in [-0.1, -0.05) is 23.7 Å². The van der Waals surface area contributed by atoms with Crippen molar-refractivity contribution in [2.24, 2.45) is 5.73 Å². The zero-order valence-corrected chi connectivity index (χ0v) is 12.2. The molecule has 4 nitrogen and oxygen atoms in total.